The molecule has 0 unspecified atom stereocenters. The highest BCUT2D eigenvalue weighted by Crippen LogP contribution is 2.19. The summed E-state index contributed by atoms with van der Waals surface area (Å²) in [7, 11) is 0. The van der Waals surface area contributed by atoms with E-state index in [-0.39, 0.29) is 17.8 Å². The standard InChI is InChI=1S/C13H15FN2O/c1-7(2)15-13(17)12-6-9-5-10(14)8(3)4-11(9)16-12/h4-7,16H,1-3H3,(H,15,17). The van der Waals surface area contributed by atoms with Crippen molar-refractivity contribution in [2.75, 3.05) is 0 Å². The molecule has 4 heteroatoms. The van der Waals surface area contributed by atoms with E-state index in [1.807, 2.05) is 13.8 Å². The zero-order valence-corrected chi connectivity index (χ0v) is 10.1. The van der Waals surface area contributed by atoms with Crippen LogP contribution in [0.15, 0.2) is 18.2 Å². The fourth-order valence-corrected chi connectivity index (χ4v) is 1.72. The predicted octanol–water partition coefficient (Wildman–Crippen LogP) is 2.75. The SMILES string of the molecule is Cc1cc2[nH]c(C(=O)NC(C)C)cc2cc1F. The second-order valence-corrected chi connectivity index (χ2v) is 4.50. The maximum Gasteiger partial charge on any atom is 0.267 e. The normalized spacial score (nSPS) is 11.1. The van der Waals surface area contributed by atoms with Crippen molar-refractivity contribution in [1.29, 1.82) is 0 Å². The Morgan fingerprint density at radius 3 is 2.71 bits per heavy atom. The van der Waals surface area contributed by atoms with Gasteiger partial charge in [-0.05, 0) is 44.5 Å². The molecule has 0 fully saturated rings. The lowest BCUT2D eigenvalue weighted by molar-refractivity contribution is 0.0939. The molecule has 0 aliphatic carbocycles. The first-order chi connectivity index (χ1) is 7.97. The van der Waals surface area contributed by atoms with Gasteiger partial charge in [-0.3, -0.25) is 4.79 Å². The van der Waals surface area contributed by atoms with E-state index in [0.717, 1.165) is 5.52 Å². The summed E-state index contributed by atoms with van der Waals surface area (Å²) in [6, 6.07) is 4.88. The Bertz CT molecular complexity index is 533. The van der Waals surface area contributed by atoms with Crippen LogP contribution in [0.4, 0.5) is 4.39 Å². The number of amides is 1. The zero-order valence-electron chi connectivity index (χ0n) is 10.1. The molecule has 0 bridgehead atoms. The summed E-state index contributed by atoms with van der Waals surface area (Å²) >= 11 is 0. The minimum atomic E-state index is -0.257. The first-order valence-corrected chi connectivity index (χ1v) is 5.57. The van der Waals surface area contributed by atoms with Gasteiger partial charge in [-0.25, -0.2) is 4.39 Å². The summed E-state index contributed by atoms with van der Waals surface area (Å²) in [5.74, 6) is -0.429. The molecular formula is C13H15FN2O. The minimum Gasteiger partial charge on any atom is -0.351 e. The second-order valence-electron chi connectivity index (χ2n) is 4.50. The van der Waals surface area contributed by atoms with E-state index in [9.17, 15) is 9.18 Å². The van der Waals surface area contributed by atoms with Gasteiger partial charge in [0, 0.05) is 16.9 Å². The Morgan fingerprint density at radius 2 is 2.06 bits per heavy atom. The maximum atomic E-state index is 13.4. The lowest BCUT2D eigenvalue weighted by Crippen LogP contribution is -2.30. The van der Waals surface area contributed by atoms with Gasteiger partial charge in [0.1, 0.15) is 11.5 Å². The average Bonchev–Trinajstić information content (AvgIpc) is 2.60. The summed E-state index contributed by atoms with van der Waals surface area (Å²) in [6.45, 7) is 5.48. The fraction of sp³-hybridized carbons (Fsp3) is 0.308. The Hall–Kier alpha value is -1.84. The molecular weight excluding hydrogens is 219 g/mol. The predicted molar refractivity (Wildman–Crippen MR) is 65.6 cm³/mol. The molecule has 0 saturated heterocycles. The summed E-state index contributed by atoms with van der Waals surface area (Å²) in [5.41, 5.74) is 1.80. The first kappa shape index (κ1) is 11.6. The molecule has 1 amide bonds. The number of rotatable bonds is 2. The third kappa shape index (κ3) is 2.30. The molecule has 0 atom stereocenters. The van der Waals surface area contributed by atoms with Gasteiger partial charge < -0.3 is 10.3 Å². The molecule has 3 nitrogen and oxygen atoms in total. The van der Waals surface area contributed by atoms with E-state index in [1.165, 1.54) is 6.07 Å². The quantitative estimate of drug-likeness (QED) is 0.824. The van der Waals surface area contributed by atoms with E-state index in [0.29, 0.717) is 16.6 Å². The number of aromatic amines is 1. The van der Waals surface area contributed by atoms with E-state index in [4.69, 9.17) is 0 Å². The molecule has 0 spiro atoms. The van der Waals surface area contributed by atoms with Crippen molar-refractivity contribution in [1.82, 2.24) is 10.3 Å². The van der Waals surface area contributed by atoms with Gasteiger partial charge in [-0.2, -0.15) is 0 Å². The lowest BCUT2D eigenvalue weighted by Gasteiger charge is -2.05. The zero-order chi connectivity index (χ0) is 12.6. The molecule has 90 valence electrons. The van der Waals surface area contributed by atoms with Gasteiger partial charge in [0.25, 0.3) is 5.91 Å². The van der Waals surface area contributed by atoms with Gasteiger partial charge in [0.05, 0.1) is 0 Å². The number of H-pyrrole nitrogens is 1. The van der Waals surface area contributed by atoms with Crippen LogP contribution in [0, 0.1) is 12.7 Å². The number of hydrogen-bond acceptors (Lipinski definition) is 1. The van der Waals surface area contributed by atoms with Crippen LogP contribution in [-0.4, -0.2) is 16.9 Å². The van der Waals surface area contributed by atoms with Crippen LogP contribution in [0.2, 0.25) is 0 Å². The summed E-state index contributed by atoms with van der Waals surface area (Å²) in [4.78, 5) is 14.7. The van der Waals surface area contributed by atoms with Crippen molar-refractivity contribution < 1.29 is 9.18 Å². The van der Waals surface area contributed by atoms with Crippen LogP contribution in [0.1, 0.15) is 29.9 Å². The molecule has 2 N–H and O–H groups in total. The lowest BCUT2D eigenvalue weighted by atomic mass is 10.2. The van der Waals surface area contributed by atoms with E-state index in [1.54, 1.807) is 19.1 Å². The van der Waals surface area contributed by atoms with E-state index in [2.05, 4.69) is 10.3 Å². The highest BCUT2D eigenvalue weighted by atomic mass is 19.1. The number of fused-ring (bicyclic) bond motifs is 1. The van der Waals surface area contributed by atoms with Gasteiger partial charge >= 0.3 is 0 Å². The van der Waals surface area contributed by atoms with Crippen molar-refractivity contribution in [3.05, 3.63) is 35.3 Å². The highest BCUT2D eigenvalue weighted by molar-refractivity contribution is 5.98. The number of aryl methyl sites for hydroxylation is 1. The Kier molecular flexibility index (Phi) is 2.88. The van der Waals surface area contributed by atoms with Crippen molar-refractivity contribution in [3.8, 4) is 0 Å². The third-order valence-electron chi connectivity index (χ3n) is 2.56. The summed E-state index contributed by atoms with van der Waals surface area (Å²) < 4.78 is 13.4. The third-order valence-corrected chi connectivity index (χ3v) is 2.56. The van der Waals surface area contributed by atoms with Gasteiger partial charge in [-0.15, -0.1) is 0 Å². The largest absolute Gasteiger partial charge is 0.351 e. The highest BCUT2D eigenvalue weighted by Gasteiger charge is 2.11. The summed E-state index contributed by atoms with van der Waals surface area (Å²) in [5, 5.41) is 3.50. The molecule has 0 saturated carbocycles. The summed E-state index contributed by atoms with van der Waals surface area (Å²) in [6.07, 6.45) is 0. The monoisotopic (exact) mass is 234 g/mol. The number of hydrogen-bond donors (Lipinski definition) is 2. The van der Waals surface area contributed by atoms with Crippen molar-refractivity contribution in [3.63, 3.8) is 0 Å². The van der Waals surface area contributed by atoms with Crippen molar-refractivity contribution in [2.45, 2.75) is 26.8 Å². The number of carbonyl (C=O) groups excluding carboxylic acids is 1. The molecule has 1 aromatic heterocycles. The number of benzene rings is 1. The topological polar surface area (TPSA) is 44.9 Å². The molecule has 0 radical (unpaired) electrons. The molecule has 0 aliphatic heterocycles. The smallest absolute Gasteiger partial charge is 0.267 e. The second kappa shape index (κ2) is 4.20. The number of nitrogens with one attached hydrogen (secondary N) is 2. The van der Waals surface area contributed by atoms with Gasteiger partial charge in [0.2, 0.25) is 0 Å². The van der Waals surface area contributed by atoms with Gasteiger partial charge in [0.15, 0.2) is 0 Å². The molecule has 1 aromatic carbocycles. The van der Waals surface area contributed by atoms with Crippen LogP contribution < -0.4 is 5.32 Å². The maximum absolute atomic E-state index is 13.4. The van der Waals surface area contributed by atoms with Crippen LogP contribution in [0.25, 0.3) is 10.9 Å². The van der Waals surface area contributed by atoms with Crippen LogP contribution in [0.5, 0.6) is 0 Å². The van der Waals surface area contributed by atoms with Gasteiger partial charge in [-0.1, -0.05) is 0 Å². The number of aromatic nitrogens is 1. The minimum absolute atomic E-state index is 0.0763. The van der Waals surface area contributed by atoms with E-state index < -0.39 is 0 Å². The Balaban J connectivity index is 2.41. The van der Waals surface area contributed by atoms with Crippen LogP contribution >= 0.6 is 0 Å². The van der Waals surface area contributed by atoms with E-state index >= 15 is 0 Å². The molecule has 2 aromatic rings. The Labute approximate surface area is 99.0 Å². The first-order valence-electron chi connectivity index (χ1n) is 5.57. The van der Waals surface area contributed by atoms with Crippen molar-refractivity contribution in [2.24, 2.45) is 0 Å². The number of carbonyl (C=O) groups is 1. The number of halogens is 1. The fourth-order valence-electron chi connectivity index (χ4n) is 1.72. The van der Waals surface area contributed by atoms with Crippen LogP contribution in [-0.2, 0) is 0 Å². The van der Waals surface area contributed by atoms with Crippen LogP contribution in [0.3, 0.4) is 0 Å². The molecule has 17 heavy (non-hydrogen) atoms. The molecule has 1 heterocycles. The molecule has 0 aliphatic rings. The van der Waals surface area contributed by atoms with Crippen molar-refractivity contribution >= 4 is 16.8 Å². The Morgan fingerprint density at radius 1 is 1.35 bits per heavy atom. The molecule has 2 rings (SSSR count). The average molecular weight is 234 g/mol.